The summed E-state index contributed by atoms with van der Waals surface area (Å²) in [4.78, 5) is 0. The molecule has 1 atom stereocenters. The van der Waals surface area contributed by atoms with Crippen LogP contribution < -0.4 is 15.8 Å². The van der Waals surface area contributed by atoms with Crippen LogP contribution in [0.5, 0.6) is 5.75 Å². The fourth-order valence-corrected chi connectivity index (χ4v) is 2.33. The molecule has 0 spiro atoms. The Morgan fingerprint density at radius 1 is 1.14 bits per heavy atom. The number of hydrogen-bond acceptors (Lipinski definition) is 3. The topological polar surface area (TPSA) is 47.3 Å². The van der Waals surface area contributed by atoms with Gasteiger partial charge in [-0.2, -0.15) is 0 Å². The van der Waals surface area contributed by atoms with E-state index in [9.17, 15) is 4.39 Å². The van der Waals surface area contributed by atoms with Crippen LogP contribution in [0, 0.1) is 5.82 Å². The Morgan fingerprint density at radius 3 is 2.45 bits per heavy atom. The van der Waals surface area contributed by atoms with Crippen LogP contribution in [-0.2, 0) is 13.0 Å². The Bertz CT molecular complexity index is 599. The zero-order chi connectivity index (χ0) is 15.9. The highest BCUT2D eigenvalue weighted by Crippen LogP contribution is 2.23. The number of halogens is 1. The SMILES string of the molecule is CCOc1ccc(CC(C)NCc2ccc(F)cc2)cc1N. The van der Waals surface area contributed by atoms with Crippen LogP contribution in [0.4, 0.5) is 10.1 Å². The normalized spacial score (nSPS) is 12.1. The second-order valence-corrected chi connectivity index (χ2v) is 5.42. The van der Waals surface area contributed by atoms with Gasteiger partial charge in [-0.1, -0.05) is 18.2 Å². The lowest BCUT2D eigenvalue weighted by Crippen LogP contribution is -2.27. The van der Waals surface area contributed by atoms with Gasteiger partial charge in [0.05, 0.1) is 12.3 Å². The van der Waals surface area contributed by atoms with E-state index in [2.05, 4.69) is 12.2 Å². The third-order valence-electron chi connectivity index (χ3n) is 3.48. The fourth-order valence-electron chi connectivity index (χ4n) is 2.33. The zero-order valence-electron chi connectivity index (χ0n) is 13.1. The van der Waals surface area contributed by atoms with Gasteiger partial charge in [0, 0.05) is 12.6 Å². The van der Waals surface area contributed by atoms with Crippen LogP contribution in [0.15, 0.2) is 42.5 Å². The Labute approximate surface area is 131 Å². The lowest BCUT2D eigenvalue weighted by atomic mass is 10.1. The van der Waals surface area contributed by atoms with Crippen LogP contribution in [0.3, 0.4) is 0 Å². The first kappa shape index (κ1) is 16.3. The van der Waals surface area contributed by atoms with Gasteiger partial charge < -0.3 is 15.8 Å². The molecular weight excluding hydrogens is 279 g/mol. The predicted molar refractivity (Wildman–Crippen MR) is 88.4 cm³/mol. The molecule has 0 heterocycles. The number of nitrogens with one attached hydrogen (secondary N) is 1. The Hall–Kier alpha value is -2.07. The molecule has 3 nitrogen and oxygen atoms in total. The van der Waals surface area contributed by atoms with Crippen molar-refractivity contribution in [3.63, 3.8) is 0 Å². The Balaban J connectivity index is 1.87. The number of nitrogen functional groups attached to an aromatic ring is 1. The van der Waals surface area contributed by atoms with E-state index >= 15 is 0 Å². The number of anilines is 1. The summed E-state index contributed by atoms with van der Waals surface area (Å²) >= 11 is 0. The largest absolute Gasteiger partial charge is 0.492 e. The minimum Gasteiger partial charge on any atom is -0.492 e. The van der Waals surface area contributed by atoms with Crippen molar-refractivity contribution in [1.82, 2.24) is 5.32 Å². The smallest absolute Gasteiger partial charge is 0.142 e. The molecule has 0 aliphatic heterocycles. The van der Waals surface area contributed by atoms with Crippen molar-refractivity contribution in [2.75, 3.05) is 12.3 Å². The molecule has 0 fully saturated rings. The van der Waals surface area contributed by atoms with Crippen molar-refractivity contribution < 1.29 is 9.13 Å². The Morgan fingerprint density at radius 2 is 1.82 bits per heavy atom. The highest BCUT2D eigenvalue weighted by molar-refractivity contribution is 5.54. The van der Waals surface area contributed by atoms with Crippen molar-refractivity contribution in [3.8, 4) is 5.75 Å². The molecule has 0 bridgehead atoms. The van der Waals surface area contributed by atoms with Gasteiger partial charge >= 0.3 is 0 Å². The number of ether oxygens (including phenoxy) is 1. The van der Waals surface area contributed by atoms with Crippen molar-refractivity contribution >= 4 is 5.69 Å². The van der Waals surface area contributed by atoms with Gasteiger partial charge in [0.2, 0.25) is 0 Å². The number of nitrogens with two attached hydrogens (primary N) is 1. The summed E-state index contributed by atoms with van der Waals surface area (Å²) in [5, 5.41) is 3.43. The van der Waals surface area contributed by atoms with E-state index in [0.717, 1.165) is 17.7 Å². The van der Waals surface area contributed by atoms with Crippen molar-refractivity contribution in [1.29, 1.82) is 0 Å². The molecule has 1 unspecified atom stereocenters. The molecule has 0 saturated heterocycles. The molecule has 2 rings (SSSR count). The monoisotopic (exact) mass is 302 g/mol. The second kappa shape index (κ2) is 7.80. The molecule has 0 aliphatic rings. The maximum atomic E-state index is 12.9. The maximum absolute atomic E-state index is 12.9. The third kappa shape index (κ3) is 4.74. The van der Waals surface area contributed by atoms with Crippen molar-refractivity contribution in [2.24, 2.45) is 0 Å². The van der Waals surface area contributed by atoms with Crippen LogP contribution in [0.2, 0.25) is 0 Å². The van der Waals surface area contributed by atoms with Crippen LogP contribution in [-0.4, -0.2) is 12.6 Å². The van der Waals surface area contributed by atoms with Gasteiger partial charge in [0.25, 0.3) is 0 Å². The first-order chi connectivity index (χ1) is 10.6. The minimum atomic E-state index is -0.207. The second-order valence-electron chi connectivity index (χ2n) is 5.42. The molecule has 0 amide bonds. The van der Waals surface area contributed by atoms with E-state index in [4.69, 9.17) is 10.5 Å². The predicted octanol–water partition coefficient (Wildman–Crippen LogP) is 3.53. The molecule has 0 saturated carbocycles. The van der Waals surface area contributed by atoms with Gasteiger partial charge in [-0.3, -0.25) is 0 Å². The number of benzene rings is 2. The van der Waals surface area contributed by atoms with E-state index in [0.29, 0.717) is 24.9 Å². The van der Waals surface area contributed by atoms with Gasteiger partial charge in [0.15, 0.2) is 0 Å². The van der Waals surface area contributed by atoms with Gasteiger partial charge in [-0.05, 0) is 55.7 Å². The quantitative estimate of drug-likeness (QED) is 0.769. The molecule has 2 aromatic rings. The minimum absolute atomic E-state index is 0.207. The summed E-state index contributed by atoms with van der Waals surface area (Å²) < 4.78 is 18.3. The van der Waals surface area contributed by atoms with Crippen LogP contribution >= 0.6 is 0 Å². The number of rotatable bonds is 7. The third-order valence-corrected chi connectivity index (χ3v) is 3.48. The standard InChI is InChI=1S/C18H23FN2O/c1-3-22-18-9-6-15(11-17(18)20)10-13(2)21-12-14-4-7-16(19)8-5-14/h4-9,11,13,21H,3,10,12,20H2,1-2H3. The van der Waals surface area contributed by atoms with E-state index in [1.54, 1.807) is 12.1 Å². The van der Waals surface area contributed by atoms with Crippen LogP contribution in [0.1, 0.15) is 25.0 Å². The lowest BCUT2D eigenvalue weighted by Gasteiger charge is -2.15. The first-order valence-electron chi connectivity index (χ1n) is 7.57. The van der Waals surface area contributed by atoms with E-state index in [1.165, 1.54) is 17.7 Å². The van der Waals surface area contributed by atoms with Gasteiger partial charge in [-0.25, -0.2) is 4.39 Å². The summed E-state index contributed by atoms with van der Waals surface area (Å²) in [5.41, 5.74) is 8.89. The summed E-state index contributed by atoms with van der Waals surface area (Å²) in [6, 6.07) is 12.8. The van der Waals surface area contributed by atoms with Gasteiger partial charge in [0.1, 0.15) is 11.6 Å². The summed E-state index contributed by atoms with van der Waals surface area (Å²) in [6.07, 6.45) is 0.873. The molecule has 3 N–H and O–H groups in total. The van der Waals surface area contributed by atoms with Crippen LogP contribution in [0.25, 0.3) is 0 Å². The zero-order valence-corrected chi connectivity index (χ0v) is 13.1. The average Bonchev–Trinajstić information content (AvgIpc) is 2.50. The number of hydrogen-bond donors (Lipinski definition) is 2. The van der Waals surface area contributed by atoms with Crippen molar-refractivity contribution in [3.05, 3.63) is 59.4 Å². The summed E-state index contributed by atoms with van der Waals surface area (Å²) in [7, 11) is 0. The molecular formula is C18H23FN2O. The molecule has 0 aromatic heterocycles. The maximum Gasteiger partial charge on any atom is 0.142 e. The summed E-state index contributed by atoms with van der Waals surface area (Å²) in [5.74, 6) is 0.528. The Kier molecular flexibility index (Phi) is 5.78. The molecule has 22 heavy (non-hydrogen) atoms. The molecule has 2 aromatic carbocycles. The molecule has 118 valence electrons. The molecule has 0 radical (unpaired) electrons. The highest BCUT2D eigenvalue weighted by Gasteiger charge is 2.06. The van der Waals surface area contributed by atoms with E-state index in [1.807, 2.05) is 25.1 Å². The molecule has 4 heteroatoms. The van der Waals surface area contributed by atoms with Crippen molar-refractivity contribution in [2.45, 2.75) is 32.9 Å². The fraction of sp³-hybridized carbons (Fsp3) is 0.333. The van der Waals surface area contributed by atoms with E-state index < -0.39 is 0 Å². The van der Waals surface area contributed by atoms with E-state index in [-0.39, 0.29) is 5.82 Å². The van der Waals surface area contributed by atoms with Gasteiger partial charge in [-0.15, -0.1) is 0 Å². The first-order valence-corrected chi connectivity index (χ1v) is 7.57. The molecule has 0 aliphatic carbocycles. The average molecular weight is 302 g/mol. The lowest BCUT2D eigenvalue weighted by molar-refractivity contribution is 0.342. The summed E-state index contributed by atoms with van der Waals surface area (Å²) in [6.45, 7) is 5.39. The highest BCUT2D eigenvalue weighted by atomic mass is 19.1.